The van der Waals surface area contributed by atoms with Gasteiger partial charge in [0, 0.05) is 5.92 Å². The summed E-state index contributed by atoms with van der Waals surface area (Å²) in [5, 5.41) is 0. The second-order valence-electron chi connectivity index (χ2n) is 19.2. The Kier molecular flexibility index (Phi) is 7.38. The molecule has 2 heteroatoms. The third kappa shape index (κ3) is 5.65. The van der Waals surface area contributed by atoms with Gasteiger partial charge in [-0.1, -0.05) is 53.4 Å². The molecule has 0 amide bonds. The molecule has 9 aliphatic carbocycles. The Labute approximate surface area is 285 Å². The molecule has 0 bridgehead atoms. The first-order valence-electron chi connectivity index (χ1n) is 21.3. The lowest BCUT2D eigenvalue weighted by atomic mass is 9.76. The number of rotatable bonds is 2. The van der Waals surface area contributed by atoms with Gasteiger partial charge < -0.3 is 9.47 Å². The third-order valence-corrected chi connectivity index (χ3v) is 16.7. The Morgan fingerprint density at radius 3 is 2.38 bits per heavy atom. The van der Waals surface area contributed by atoms with Crippen molar-refractivity contribution < 1.29 is 9.47 Å². The van der Waals surface area contributed by atoms with Gasteiger partial charge >= 0.3 is 0 Å². The van der Waals surface area contributed by atoms with Crippen molar-refractivity contribution in [3.63, 3.8) is 0 Å². The van der Waals surface area contributed by atoms with Crippen molar-refractivity contribution in [1.29, 1.82) is 0 Å². The third-order valence-electron chi connectivity index (χ3n) is 16.7. The molecule has 2 nitrogen and oxygen atoms in total. The van der Waals surface area contributed by atoms with Crippen LogP contribution < -0.4 is 0 Å². The smallest absolute Gasteiger partial charge is 0.105 e. The largest absolute Gasteiger partial charge is 0.369 e. The summed E-state index contributed by atoms with van der Waals surface area (Å²) in [5.41, 5.74) is 9.55. The van der Waals surface area contributed by atoms with Gasteiger partial charge in [-0.3, -0.25) is 0 Å². The van der Waals surface area contributed by atoms with E-state index in [1.54, 1.807) is 5.57 Å². The van der Waals surface area contributed by atoms with E-state index in [1.807, 2.05) is 22.3 Å². The van der Waals surface area contributed by atoms with Gasteiger partial charge in [0.25, 0.3) is 0 Å². The molecule has 2 aliphatic heterocycles. The van der Waals surface area contributed by atoms with E-state index in [1.165, 1.54) is 141 Å². The van der Waals surface area contributed by atoms with E-state index < -0.39 is 0 Å². The highest BCUT2D eigenvalue weighted by atomic mass is 16.6. The van der Waals surface area contributed by atoms with Gasteiger partial charge in [-0.2, -0.15) is 0 Å². The Morgan fingerprint density at radius 1 is 0.532 bits per heavy atom. The molecule has 11 aliphatic rings. The predicted octanol–water partition coefficient (Wildman–Crippen LogP) is 11.1. The fourth-order valence-electron chi connectivity index (χ4n) is 13.7. The van der Waals surface area contributed by atoms with Crippen molar-refractivity contribution >= 4 is 0 Å². The number of hydrogen-bond acceptors (Lipinski definition) is 2. The quantitative estimate of drug-likeness (QED) is 0.223. The molecule has 47 heavy (non-hydrogen) atoms. The highest BCUT2D eigenvalue weighted by Crippen LogP contribution is 2.61. The molecule has 0 aromatic heterocycles. The van der Waals surface area contributed by atoms with E-state index >= 15 is 0 Å². The van der Waals surface area contributed by atoms with Crippen LogP contribution in [0.15, 0.2) is 46.1 Å². The number of ether oxygens (including phenoxy) is 2. The summed E-state index contributed by atoms with van der Waals surface area (Å²) in [4.78, 5) is 0. The van der Waals surface area contributed by atoms with Crippen LogP contribution in [0.3, 0.4) is 0 Å². The van der Waals surface area contributed by atoms with Crippen molar-refractivity contribution in [3.8, 4) is 0 Å². The monoisotopic (exact) mass is 634 g/mol. The number of epoxide rings is 2. The van der Waals surface area contributed by atoms with E-state index in [0.717, 1.165) is 65.1 Å². The summed E-state index contributed by atoms with van der Waals surface area (Å²) in [5.74, 6) is 10.3. The van der Waals surface area contributed by atoms with Crippen LogP contribution in [0.5, 0.6) is 0 Å². The zero-order valence-corrected chi connectivity index (χ0v) is 29.3. The van der Waals surface area contributed by atoms with Crippen molar-refractivity contribution in [2.24, 2.45) is 65.1 Å². The molecule has 0 radical (unpaired) electrons. The molecule has 15 atom stereocenters. The summed E-state index contributed by atoms with van der Waals surface area (Å²) in [6, 6.07) is 0. The van der Waals surface area contributed by atoms with Crippen LogP contribution in [0, 0.1) is 65.1 Å². The number of fused-ring (bicyclic) bond motifs is 9. The topological polar surface area (TPSA) is 25.1 Å². The van der Waals surface area contributed by atoms with E-state index in [2.05, 4.69) is 18.2 Å². The normalized spacial score (nSPS) is 54.2. The van der Waals surface area contributed by atoms with Crippen LogP contribution in [-0.4, -0.2) is 24.4 Å². The molecule has 2 heterocycles. The summed E-state index contributed by atoms with van der Waals surface area (Å²) in [6.45, 7) is 0. The van der Waals surface area contributed by atoms with Gasteiger partial charge in [0.1, 0.15) is 6.10 Å². The highest BCUT2D eigenvalue weighted by molar-refractivity contribution is 5.34. The van der Waals surface area contributed by atoms with Gasteiger partial charge in [0.15, 0.2) is 0 Å². The van der Waals surface area contributed by atoms with E-state index in [4.69, 9.17) is 9.47 Å². The average Bonchev–Trinajstić information content (AvgIpc) is 3.86. The summed E-state index contributed by atoms with van der Waals surface area (Å²) < 4.78 is 12.8. The molecular formula is C45H62O2. The summed E-state index contributed by atoms with van der Waals surface area (Å²) in [7, 11) is 0. The van der Waals surface area contributed by atoms with Crippen LogP contribution in [0.1, 0.15) is 141 Å². The fourth-order valence-corrected chi connectivity index (χ4v) is 13.7. The van der Waals surface area contributed by atoms with E-state index in [0.29, 0.717) is 24.4 Å². The Balaban J connectivity index is 0.884. The summed E-state index contributed by atoms with van der Waals surface area (Å²) in [6.07, 6.45) is 41.8. The lowest BCUT2D eigenvalue weighted by Crippen LogP contribution is -2.19. The first kappa shape index (κ1) is 29.6. The molecule has 0 aromatic rings. The van der Waals surface area contributed by atoms with Crippen LogP contribution in [-0.2, 0) is 9.47 Å². The maximum absolute atomic E-state index is 6.46. The Bertz CT molecular complexity index is 1380. The molecule has 0 N–H and O–H groups in total. The Morgan fingerprint density at radius 2 is 1.40 bits per heavy atom. The van der Waals surface area contributed by atoms with Crippen LogP contribution in [0.25, 0.3) is 0 Å². The van der Waals surface area contributed by atoms with Crippen molar-refractivity contribution in [3.05, 3.63) is 46.1 Å². The minimum absolute atomic E-state index is 0.524. The second kappa shape index (κ2) is 11.7. The van der Waals surface area contributed by atoms with Gasteiger partial charge in [-0.05, 0) is 193 Å². The first-order valence-corrected chi connectivity index (χ1v) is 21.3. The lowest BCUT2D eigenvalue weighted by Gasteiger charge is -2.29. The molecule has 0 spiro atoms. The minimum Gasteiger partial charge on any atom is -0.369 e. The number of allylic oxidation sites excluding steroid dienone is 6. The standard InChI is InChI=1S/C45H62O2/c1-5-26-6-2-9-29-21-30(29)13-14-32(22-28(26)8-1)34-18-19-38-41(25-43-45(38)47-43)36(12-4-10-31-23-39(31)34)37-17-15-27-7-3-11-35(27)44-42(46-44)20-16-33-24-40(33)37/h1,5,14,26,28-31,33-34,37-40,42-45H,2-4,6-13,15-25H2/b32-14+,41-36+. The Hall–Kier alpha value is -1.12. The zero-order valence-electron chi connectivity index (χ0n) is 29.3. The van der Waals surface area contributed by atoms with Crippen LogP contribution in [0.4, 0.5) is 0 Å². The molecule has 6 fully saturated rings. The highest BCUT2D eigenvalue weighted by Gasteiger charge is 2.56. The van der Waals surface area contributed by atoms with E-state index in [9.17, 15) is 0 Å². The fraction of sp³-hybridized carbons (Fsp3) is 0.822. The second-order valence-corrected chi connectivity index (χ2v) is 19.2. The van der Waals surface area contributed by atoms with Crippen LogP contribution >= 0.6 is 0 Å². The molecule has 11 rings (SSSR count). The van der Waals surface area contributed by atoms with Gasteiger partial charge in [0.2, 0.25) is 0 Å². The van der Waals surface area contributed by atoms with Crippen molar-refractivity contribution in [2.45, 2.75) is 166 Å². The molecule has 254 valence electrons. The minimum atomic E-state index is 0.524. The average molecular weight is 635 g/mol. The van der Waals surface area contributed by atoms with E-state index in [-0.39, 0.29) is 0 Å². The molecule has 2 saturated heterocycles. The molecule has 4 saturated carbocycles. The SMILES string of the molecule is C1=CC2CCCC3CC3C/C=C(/C3CCC4/C(=C(/C5CCC6=C(CCC6)C6OC6CCC6CC65)CCCC5CC53)CC3OC34)CC2C1. The molecule has 0 aromatic carbocycles. The summed E-state index contributed by atoms with van der Waals surface area (Å²) >= 11 is 0. The van der Waals surface area contributed by atoms with Gasteiger partial charge in [-0.25, -0.2) is 0 Å². The van der Waals surface area contributed by atoms with Crippen molar-refractivity contribution in [2.75, 3.05) is 0 Å². The first-order chi connectivity index (χ1) is 23.2. The maximum atomic E-state index is 6.46. The maximum Gasteiger partial charge on any atom is 0.105 e. The molecular weight excluding hydrogens is 572 g/mol. The molecule has 15 unspecified atom stereocenters. The lowest BCUT2D eigenvalue weighted by molar-refractivity contribution is 0.278. The van der Waals surface area contributed by atoms with Gasteiger partial charge in [0.05, 0.1) is 18.3 Å². The van der Waals surface area contributed by atoms with Crippen molar-refractivity contribution in [1.82, 2.24) is 0 Å². The zero-order chi connectivity index (χ0) is 30.6. The van der Waals surface area contributed by atoms with Crippen LogP contribution in [0.2, 0.25) is 0 Å². The number of hydrogen-bond donors (Lipinski definition) is 0. The van der Waals surface area contributed by atoms with Gasteiger partial charge in [-0.15, -0.1) is 0 Å². The predicted molar refractivity (Wildman–Crippen MR) is 189 cm³/mol.